The van der Waals surface area contributed by atoms with Gasteiger partial charge in [0.15, 0.2) is 0 Å². The molecule has 3 nitrogen and oxygen atoms in total. The minimum Gasteiger partial charge on any atom is -0.399 e. The Labute approximate surface area is 169 Å². The average molecular weight is 375 g/mol. The lowest BCUT2D eigenvalue weighted by Crippen LogP contribution is -1.99. The van der Waals surface area contributed by atoms with Crippen molar-refractivity contribution in [2.24, 2.45) is 0 Å². The molecule has 0 fully saturated rings. The fourth-order valence-corrected chi connectivity index (χ4v) is 4.11. The van der Waals surface area contributed by atoms with E-state index in [-0.39, 0.29) is 0 Å². The standard InChI is InChI=1S/C26H21N3/c27-19-11-12-20-18(13-19)14-22-23(25(20)28)15-21(16-7-3-1-4-8-16)26(29)24(22)17-9-5-2-6-10-17/h1-15H,27-29H2. The van der Waals surface area contributed by atoms with Crippen molar-refractivity contribution in [3.8, 4) is 22.3 Å². The van der Waals surface area contributed by atoms with Crippen molar-refractivity contribution in [1.29, 1.82) is 0 Å². The molecule has 5 aromatic carbocycles. The first-order chi connectivity index (χ1) is 14.1. The summed E-state index contributed by atoms with van der Waals surface area (Å²) < 4.78 is 0. The summed E-state index contributed by atoms with van der Waals surface area (Å²) in [5.74, 6) is 0. The fraction of sp³-hybridized carbons (Fsp3) is 0. The van der Waals surface area contributed by atoms with E-state index in [4.69, 9.17) is 17.2 Å². The van der Waals surface area contributed by atoms with Crippen molar-refractivity contribution >= 4 is 38.6 Å². The van der Waals surface area contributed by atoms with E-state index in [1.807, 2.05) is 54.6 Å². The first-order valence-electron chi connectivity index (χ1n) is 9.58. The Morgan fingerprint density at radius 3 is 1.83 bits per heavy atom. The molecule has 6 N–H and O–H groups in total. The molecule has 3 heteroatoms. The first kappa shape index (κ1) is 17.1. The monoisotopic (exact) mass is 375 g/mol. The van der Waals surface area contributed by atoms with Gasteiger partial charge in [-0.15, -0.1) is 0 Å². The van der Waals surface area contributed by atoms with Gasteiger partial charge in [-0.05, 0) is 46.2 Å². The molecule has 0 radical (unpaired) electrons. The second kappa shape index (κ2) is 6.57. The van der Waals surface area contributed by atoms with E-state index in [2.05, 4.69) is 36.4 Å². The van der Waals surface area contributed by atoms with Crippen LogP contribution in [0.25, 0.3) is 43.8 Å². The zero-order valence-electron chi connectivity index (χ0n) is 15.9. The number of rotatable bonds is 2. The lowest BCUT2D eigenvalue weighted by atomic mass is 9.88. The van der Waals surface area contributed by atoms with Crippen molar-refractivity contribution in [1.82, 2.24) is 0 Å². The van der Waals surface area contributed by atoms with Gasteiger partial charge in [-0.3, -0.25) is 0 Å². The van der Waals surface area contributed by atoms with Gasteiger partial charge in [0.1, 0.15) is 0 Å². The molecule has 0 spiro atoms. The molecule has 0 bridgehead atoms. The van der Waals surface area contributed by atoms with Gasteiger partial charge in [0.05, 0.1) is 0 Å². The zero-order chi connectivity index (χ0) is 20.0. The second-order valence-corrected chi connectivity index (χ2v) is 7.31. The van der Waals surface area contributed by atoms with Crippen molar-refractivity contribution in [2.75, 3.05) is 17.2 Å². The number of hydrogen-bond donors (Lipinski definition) is 3. The molecular weight excluding hydrogens is 354 g/mol. The Morgan fingerprint density at radius 2 is 1.14 bits per heavy atom. The van der Waals surface area contributed by atoms with Crippen LogP contribution in [0.15, 0.2) is 91.0 Å². The Kier molecular flexibility index (Phi) is 3.88. The Bertz CT molecular complexity index is 1360. The summed E-state index contributed by atoms with van der Waals surface area (Å²) in [7, 11) is 0. The Morgan fingerprint density at radius 1 is 0.483 bits per heavy atom. The molecular formula is C26H21N3. The third-order valence-electron chi connectivity index (χ3n) is 5.51. The lowest BCUT2D eigenvalue weighted by molar-refractivity contribution is 1.61. The van der Waals surface area contributed by atoms with Crippen LogP contribution in [-0.4, -0.2) is 0 Å². The molecule has 0 aliphatic rings. The van der Waals surface area contributed by atoms with E-state index in [1.165, 1.54) is 0 Å². The number of nitrogens with two attached hydrogens (primary N) is 3. The maximum absolute atomic E-state index is 6.77. The third kappa shape index (κ3) is 2.75. The molecule has 5 rings (SSSR count). The van der Waals surface area contributed by atoms with Gasteiger partial charge in [0.25, 0.3) is 0 Å². The summed E-state index contributed by atoms with van der Waals surface area (Å²) >= 11 is 0. The van der Waals surface area contributed by atoms with Crippen LogP contribution in [0.5, 0.6) is 0 Å². The molecule has 0 saturated heterocycles. The molecule has 0 atom stereocenters. The largest absolute Gasteiger partial charge is 0.399 e. The highest BCUT2D eigenvalue weighted by Gasteiger charge is 2.17. The summed E-state index contributed by atoms with van der Waals surface area (Å²) in [5, 5.41) is 4.03. The van der Waals surface area contributed by atoms with E-state index in [0.717, 1.165) is 55.2 Å². The highest BCUT2D eigenvalue weighted by atomic mass is 14.6. The number of anilines is 3. The molecule has 0 aromatic heterocycles. The number of nitrogen functional groups attached to an aromatic ring is 3. The molecule has 5 aromatic rings. The summed E-state index contributed by atoms with van der Waals surface area (Å²) in [6.07, 6.45) is 0. The minimum atomic E-state index is 0.714. The van der Waals surface area contributed by atoms with E-state index in [0.29, 0.717) is 5.69 Å². The van der Waals surface area contributed by atoms with Gasteiger partial charge in [-0.25, -0.2) is 0 Å². The molecule has 0 aliphatic carbocycles. The Hall–Kier alpha value is -3.98. The maximum Gasteiger partial charge on any atom is 0.0479 e. The number of hydrogen-bond acceptors (Lipinski definition) is 3. The lowest BCUT2D eigenvalue weighted by Gasteiger charge is -2.18. The normalized spacial score (nSPS) is 11.2. The number of benzene rings is 5. The predicted octanol–water partition coefficient (Wildman–Crippen LogP) is 6.07. The van der Waals surface area contributed by atoms with Crippen molar-refractivity contribution in [2.45, 2.75) is 0 Å². The molecule has 0 unspecified atom stereocenters. The van der Waals surface area contributed by atoms with Crippen molar-refractivity contribution < 1.29 is 0 Å². The summed E-state index contributed by atoms with van der Waals surface area (Å²) in [4.78, 5) is 0. The van der Waals surface area contributed by atoms with Gasteiger partial charge >= 0.3 is 0 Å². The summed E-state index contributed by atoms with van der Waals surface area (Å²) in [5.41, 5.74) is 25.8. The highest BCUT2D eigenvalue weighted by molar-refractivity contribution is 6.18. The predicted molar refractivity (Wildman–Crippen MR) is 126 cm³/mol. The summed E-state index contributed by atoms with van der Waals surface area (Å²) in [6, 6.07) is 30.5. The maximum atomic E-state index is 6.77. The van der Waals surface area contributed by atoms with Crippen LogP contribution in [0.3, 0.4) is 0 Å². The van der Waals surface area contributed by atoms with Gasteiger partial charge in [0, 0.05) is 39.0 Å². The molecule has 0 amide bonds. The van der Waals surface area contributed by atoms with Gasteiger partial charge in [-0.2, -0.15) is 0 Å². The van der Waals surface area contributed by atoms with Crippen LogP contribution in [0, 0.1) is 0 Å². The van der Waals surface area contributed by atoms with Gasteiger partial charge in [-0.1, -0.05) is 66.7 Å². The van der Waals surface area contributed by atoms with Gasteiger partial charge < -0.3 is 17.2 Å². The molecule has 140 valence electrons. The van der Waals surface area contributed by atoms with Crippen LogP contribution in [0.1, 0.15) is 0 Å². The SMILES string of the molecule is Nc1ccc2c(N)c3cc(-c4ccccc4)c(N)c(-c4ccccc4)c3cc2c1. The van der Waals surface area contributed by atoms with Crippen LogP contribution < -0.4 is 17.2 Å². The molecule has 0 saturated carbocycles. The zero-order valence-corrected chi connectivity index (χ0v) is 15.9. The molecule has 0 aliphatic heterocycles. The van der Waals surface area contributed by atoms with Crippen molar-refractivity contribution in [3.63, 3.8) is 0 Å². The fourth-order valence-electron chi connectivity index (χ4n) is 4.11. The minimum absolute atomic E-state index is 0.714. The van der Waals surface area contributed by atoms with Crippen LogP contribution in [0.2, 0.25) is 0 Å². The van der Waals surface area contributed by atoms with E-state index in [9.17, 15) is 0 Å². The third-order valence-corrected chi connectivity index (χ3v) is 5.51. The first-order valence-corrected chi connectivity index (χ1v) is 9.58. The topological polar surface area (TPSA) is 78.1 Å². The van der Waals surface area contributed by atoms with Crippen LogP contribution in [-0.2, 0) is 0 Å². The van der Waals surface area contributed by atoms with Gasteiger partial charge in [0.2, 0.25) is 0 Å². The highest BCUT2D eigenvalue weighted by Crippen LogP contribution is 2.44. The van der Waals surface area contributed by atoms with E-state index in [1.54, 1.807) is 0 Å². The van der Waals surface area contributed by atoms with Crippen LogP contribution in [0.4, 0.5) is 17.1 Å². The summed E-state index contributed by atoms with van der Waals surface area (Å²) in [6.45, 7) is 0. The average Bonchev–Trinajstić information content (AvgIpc) is 2.75. The Balaban J connectivity index is 1.97. The quantitative estimate of drug-likeness (QED) is 0.259. The smallest absolute Gasteiger partial charge is 0.0479 e. The van der Waals surface area contributed by atoms with Crippen LogP contribution >= 0.6 is 0 Å². The second-order valence-electron chi connectivity index (χ2n) is 7.31. The van der Waals surface area contributed by atoms with Crippen molar-refractivity contribution in [3.05, 3.63) is 91.0 Å². The number of fused-ring (bicyclic) bond motifs is 2. The molecule has 0 heterocycles. The van der Waals surface area contributed by atoms with E-state index >= 15 is 0 Å². The van der Waals surface area contributed by atoms with E-state index < -0.39 is 0 Å². The molecule has 29 heavy (non-hydrogen) atoms.